The molecule has 1 aromatic heterocycles. The van der Waals surface area contributed by atoms with Crippen molar-refractivity contribution in [1.29, 1.82) is 0 Å². The standard InChI is InChI=1S/C13H21N3/c1-11-4-3-7-16(9-11)10-12-5-6-15-13(8-12)14-2/h5-6,8,11H,3-4,7,9-10H2,1-2H3,(H,14,15). The van der Waals surface area contributed by atoms with Gasteiger partial charge < -0.3 is 5.32 Å². The van der Waals surface area contributed by atoms with Gasteiger partial charge in [-0.05, 0) is 43.0 Å². The van der Waals surface area contributed by atoms with Gasteiger partial charge in [-0.25, -0.2) is 4.98 Å². The Balaban J connectivity index is 1.97. The van der Waals surface area contributed by atoms with Crippen LogP contribution in [0, 0.1) is 5.92 Å². The number of nitrogens with zero attached hydrogens (tertiary/aromatic N) is 2. The van der Waals surface area contributed by atoms with E-state index in [2.05, 4.69) is 34.3 Å². The third-order valence-corrected chi connectivity index (χ3v) is 3.23. The van der Waals surface area contributed by atoms with Crippen LogP contribution < -0.4 is 5.32 Å². The first-order valence-electron chi connectivity index (χ1n) is 6.13. The van der Waals surface area contributed by atoms with Crippen LogP contribution >= 0.6 is 0 Å². The van der Waals surface area contributed by atoms with Crippen LogP contribution in [0.2, 0.25) is 0 Å². The highest BCUT2D eigenvalue weighted by Crippen LogP contribution is 2.18. The lowest BCUT2D eigenvalue weighted by Gasteiger charge is -2.30. The van der Waals surface area contributed by atoms with Gasteiger partial charge in [-0.15, -0.1) is 0 Å². The van der Waals surface area contributed by atoms with Crippen molar-refractivity contribution in [3.05, 3.63) is 23.9 Å². The number of rotatable bonds is 3. The van der Waals surface area contributed by atoms with E-state index in [4.69, 9.17) is 0 Å². The normalized spacial score (nSPS) is 22.0. The summed E-state index contributed by atoms with van der Waals surface area (Å²) < 4.78 is 0. The van der Waals surface area contributed by atoms with Gasteiger partial charge >= 0.3 is 0 Å². The number of hydrogen-bond acceptors (Lipinski definition) is 3. The maximum Gasteiger partial charge on any atom is 0.125 e. The van der Waals surface area contributed by atoms with Crippen molar-refractivity contribution in [2.75, 3.05) is 25.5 Å². The Bertz CT molecular complexity index is 338. The van der Waals surface area contributed by atoms with Crippen molar-refractivity contribution in [2.24, 2.45) is 5.92 Å². The van der Waals surface area contributed by atoms with Crippen molar-refractivity contribution in [3.63, 3.8) is 0 Å². The fourth-order valence-corrected chi connectivity index (χ4v) is 2.40. The molecule has 1 saturated heterocycles. The Morgan fingerprint density at radius 1 is 1.56 bits per heavy atom. The van der Waals surface area contributed by atoms with Crippen LogP contribution in [0.3, 0.4) is 0 Å². The molecule has 0 radical (unpaired) electrons. The summed E-state index contributed by atoms with van der Waals surface area (Å²) in [6.45, 7) is 5.87. The number of pyridine rings is 1. The topological polar surface area (TPSA) is 28.2 Å². The van der Waals surface area contributed by atoms with Crippen molar-refractivity contribution in [2.45, 2.75) is 26.3 Å². The summed E-state index contributed by atoms with van der Waals surface area (Å²) in [6, 6.07) is 4.25. The van der Waals surface area contributed by atoms with Crippen LogP contribution in [0.25, 0.3) is 0 Å². The Morgan fingerprint density at radius 2 is 2.44 bits per heavy atom. The maximum absolute atomic E-state index is 4.24. The van der Waals surface area contributed by atoms with E-state index in [0.717, 1.165) is 18.3 Å². The van der Waals surface area contributed by atoms with E-state index >= 15 is 0 Å². The molecule has 1 N–H and O–H groups in total. The van der Waals surface area contributed by atoms with E-state index in [9.17, 15) is 0 Å². The Hall–Kier alpha value is -1.09. The Labute approximate surface area is 97.9 Å². The van der Waals surface area contributed by atoms with Gasteiger partial charge in [-0.2, -0.15) is 0 Å². The number of nitrogens with one attached hydrogen (secondary N) is 1. The molecule has 2 heterocycles. The zero-order valence-electron chi connectivity index (χ0n) is 10.2. The summed E-state index contributed by atoms with van der Waals surface area (Å²) in [6.07, 6.45) is 4.61. The molecule has 2 rings (SSSR count). The summed E-state index contributed by atoms with van der Waals surface area (Å²) in [5, 5.41) is 3.08. The van der Waals surface area contributed by atoms with E-state index in [1.54, 1.807) is 0 Å². The molecule has 3 heteroatoms. The average molecular weight is 219 g/mol. The second-order valence-corrected chi connectivity index (χ2v) is 4.78. The van der Waals surface area contributed by atoms with Gasteiger partial charge in [-0.1, -0.05) is 6.92 Å². The average Bonchev–Trinajstić information content (AvgIpc) is 2.29. The molecule has 0 amide bonds. The third kappa shape index (κ3) is 2.95. The van der Waals surface area contributed by atoms with Crippen LogP contribution in [0.5, 0.6) is 0 Å². The number of piperidine rings is 1. The lowest BCUT2D eigenvalue weighted by atomic mass is 10.00. The molecular formula is C13H21N3. The Morgan fingerprint density at radius 3 is 3.19 bits per heavy atom. The number of likely N-dealkylation sites (tertiary alicyclic amines) is 1. The molecule has 1 aromatic rings. The first-order valence-corrected chi connectivity index (χ1v) is 6.13. The van der Waals surface area contributed by atoms with Crippen LogP contribution in [0.15, 0.2) is 18.3 Å². The number of anilines is 1. The van der Waals surface area contributed by atoms with Gasteiger partial charge in [0, 0.05) is 26.3 Å². The van der Waals surface area contributed by atoms with E-state index in [0.29, 0.717) is 0 Å². The second kappa shape index (κ2) is 5.30. The maximum atomic E-state index is 4.24. The summed E-state index contributed by atoms with van der Waals surface area (Å²) >= 11 is 0. The minimum absolute atomic E-state index is 0.847. The summed E-state index contributed by atoms with van der Waals surface area (Å²) in [5.41, 5.74) is 1.36. The number of hydrogen-bond donors (Lipinski definition) is 1. The fourth-order valence-electron chi connectivity index (χ4n) is 2.40. The van der Waals surface area contributed by atoms with Gasteiger partial charge in [0.25, 0.3) is 0 Å². The van der Waals surface area contributed by atoms with Crippen molar-refractivity contribution < 1.29 is 0 Å². The van der Waals surface area contributed by atoms with Gasteiger partial charge in [0.15, 0.2) is 0 Å². The monoisotopic (exact) mass is 219 g/mol. The molecule has 0 spiro atoms. The smallest absolute Gasteiger partial charge is 0.125 e. The van der Waals surface area contributed by atoms with Gasteiger partial charge in [0.05, 0.1) is 0 Å². The van der Waals surface area contributed by atoms with E-state index in [1.165, 1.54) is 31.5 Å². The summed E-state index contributed by atoms with van der Waals surface area (Å²) in [5.74, 6) is 1.81. The lowest BCUT2D eigenvalue weighted by molar-refractivity contribution is 0.176. The molecule has 0 aromatic carbocycles. The van der Waals surface area contributed by atoms with Crippen molar-refractivity contribution in [3.8, 4) is 0 Å². The largest absolute Gasteiger partial charge is 0.373 e. The highest BCUT2D eigenvalue weighted by molar-refractivity contribution is 5.36. The van der Waals surface area contributed by atoms with Gasteiger partial charge in [-0.3, -0.25) is 4.90 Å². The van der Waals surface area contributed by atoms with Gasteiger partial charge in [0.1, 0.15) is 5.82 Å². The SMILES string of the molecule is CNc1cc(CN2CCCC(C)C2)ccn1. The zero-order chi connectivity index (χ0) is 11.4. The minimum Gasteiger partial charge on any atom is -0.373 e. The quantitative estimate of drug-likeness (QED) is 0.846. The molecule has 1 atom stereocenters. The molecule has 1 unspecified atom stereocenters. The minimum atomic E-state index is 0.847. The lowest BCUT2D eigenvalue weighted by Crippen LogP contribution is -2.33. The molecule has 1 aliphatic heterocycles. The molecule has 0 saturated carbocycles. The molecule has 88 valence electrons. The number of aromatic nitrogens is 1. The molecule has 0 bridgehead atoms. The fraction of sp³-hybridized carbons (Fsp3) is 0.615. The first-order chi connectivity index (χ1) is 7.78. The molecular weight excluding hydrogens is 198 g/mol. The predicted molar refractivity (Wildman–Crippen MR) is 67.5 cm³/mol. The van der Waals surface area contributed by atoms with Crippen LogP contribution in [0.4, 0.5) is 5.82 Å². The van der Waals surface area contributed by atoms with Crippen LogP contribution in [-0.2, 0) is 6.54 Å². The van der Waals surface area contributed by atoms with Crippen molar-refractivity contribution in [1.82, 2.24) is 9.88 Å². The highest BCUT2D eigenvalue weighted by Gasteiger charge is 2.16. The van der Waals surface area contributed by atoms with E-state index in [1.807, 2.05) is 13.2 Å². The Kier molecular flexibility index (Phi) is 3.78. The first kappa shape index (κ1) is 11.4. The van der Waals surface area contributed by atoms with Crippen LogP contribution in [0.1, 0.15) is 25.3 Å². The summed E-state index contributed by atoms with van der Waals surface area (Å²) in [4.78, 5) is 6.78. The molecule has 16 heavy (non-hydrogen) atoms. The zero-order valence-corrected chi connectivity index (χ0v) is 10.2. The molecule has 1 aliphatic rings. The highest BCUT2D eigenvalue weighted by atomic mass is 15.1. The molecule has 1 fully saturated rings. The molecule has 0 aliphatic carbocycles. The van der Waals surface area contributed by atoms with E-state index < -0.39 is 0 Å². The van der Waals surface area contributed by atoms with E-state index in [-0.39, 0.29) is 0 Å². The summed E-state index contributed by atoms with van der Waals surface area (Å²) in [7, 11) is 1.91. The van der Waals surface area contributed by atoms with Crippen molar-refractivity contribution >= 4 is 5.82 Å². The van der Waals surface area contributed by atoms with Gasteiger partial charge in [0.2, 0.25) is 0 Å². The third-order valence-electron chi connectivity index (χ3n) is 3.23. The predicted octanol–water partition coefficient (Wildman–Crippen LogP) is 2.36. The molecule has 3 nitrogen and oxygen atoms in total. The van der Waals surface area contributed by atoms with Crippen LogP contribution in [-0.4, -0.2) is 30.0 Å². The second-order valence-electron chi connectivity index (χ2n) is 4.78.